The molecule has 3 rings (SSSR count). The van der Waals surface area contributed by atoms with Crippen LogP contribution in [0, 0.1) is 0 Å². The van der Waals surface area contributed by atoms with E-state index in [2.05, 4.69) is 15.5 Å². The predicted molar refractivity (Wildman–Crippen MR) is 104 cm³/mol. The van der Waals surface area contributed by atoms with Gasteiger partial charge in [0.15, 0.2) is 15.0 Å². The highest BCUT2D eigenvalue weighted by molar-refractivity contribution is 7.99. The van der Waals surface area contributed by atoms with E-state index >= 15 is 0 Å². The number of nitrogens with one attached hydrogen (secondary N) is 1. The highest BCUT2D eigenvalue weighted by atomic mass is 32.2. The molecule has 0 bridgehead atoms. The lowest BCUT2D eigenvalue weighted by molar-refractivity contribution is -0.118. The molecule has 0 atom stereocenters. The number of carbonyl (C=O) groups excluding carboxylic acids is 1. The number of rotatable bonds is 9. The van der Waals surface area contributed by atoms with E-state index in [-0.39, 0.29) is 22.3 Å². The zero-order valence-electron chi connectivity index (χ0n) is 15.2. The second-order valence-corrected chi connectivity index (χ2v) is 8.79. The fraction of sp³-hybridized carbons (Fsp3) is 0.278. The van der Waals surface area contributed by atoms with Gasteiger partial charge in [0, 0.05) is 6.54 Å². The SMILES string of the molecule is CCn1c(CS(=O)(=O)c2ccccc2)nnc1SCC(=O)NCc1ccco1. The smallest absolute Gasteiger partial charge is 0.230 e. The van der Waals surface area contributed by atoms with E-state index in [0.717, 1.165) is 0 Å². The van der Waals surface area contributed by atoms with E-state index in [1.54, 1.807) is 53.3 Å². The summed E-state index contributed by atoms with van der Waals surface area (Å²) in [7, 11) is -3.52. The molecule has 1 N–H and O–H groups in total. The minimum absolute atomic E-state index is 0.143. The maximum Gasteiger partial charge on any atom is 0.230 e. The molecular weight excluding hydrogens is 400 g/mol. The topological polar surface area (TPSA) is 107 Å². The molecule has 2 heterocycles. The number of nitrogens with zero attached hydrogens (tertiary/aromatic N) is 3. The molecule has 8 nitrogen and oxygen atoms in total. The van der Waals surface area contributed by atoms with Gasteiger partial charge in [0.25, 0.3) is 0 Å². The van der Waals surface area contributed by atoms with Gasteiger partial charge in [-0.3, -0.25) is 4.79 Å². The first kappa shape index (κ1) is 20.2. The number of hydrogen-bond acceptors (Lipinski definition) is 7. The number of furan rings is 1. The molecule has 0 radical (unpaired) electrons. The molecule has 0 aliphatic heterocycles. The Morgan fingerprint density at radius 3 is 2.64 bits per heavy atom. The lowest BCUT2D eigenvalue weighted by atomic mass is 10.4. The Hall–Kier alpha value is -2.59. The number of thioether (sulfide) groups is 1. The van der Waals surface area contributed by atoms with E-state index in [4.69, 9.17) is 4.42 Å². The lowest BCUT2D eigenvalue weighted by Gasteiger charge is -2.08. The summed E-state index contributed by atoms with van der Waals surface area (Å²) in [5.41, 5.74) is 0. The van der Waals surface area contributed by atoms with Crippen LogP contribution >= 0.6 is 11.8 Å². The Morgan fingerprint density at radius 2 is 1.96 bits per heavy atom. The zero-order chi connectivity index (χ0) is 20.0. The van der Waals surface area contributed by atoms with Gasteiger partial charge in [-0.05, 0) is 31.2 Å². The first-order valence-corrected chi connectivity index (χ1v) is 11.2. The Bertz CT molecular complexity index is 1020. The van der Waals surface area contributed by atoms with Crippen molar-refractivity contribution >= 4 is 27.5 Å². The average Bonchev–Trinajstić information content (AvgIpc) is 3.34. The summed E-state index contributed by atoms with van der Waals surface area (Å²) >= 11 is 1.21. The quantitative estimate of drug-likeness (QED) is 0.529. The number of hydrogen-bond donors (Lipinski definition) is 1. The molecule has 0 unspecified atom stereocenters. The lowest BCUT2D eigenvalue weighted by Crippen LogP contribution is -2.24. The van der Waals surface area contributed by atoms with E-state index in [9.17, 15) is 13.2 Å². The van der Waals surface area contributed by atoms with Gasteiger partial charge in [-0.2, -0.15) is 0 Å². The summed E-state index contributed by atoms with van der Waals surface area (Å²) in [6.07, 6.45) is 1.55. The molecule has 0 saturated heterocycles. The van der Waals surface area contributed by atoms with Gasteiger partial charge in [0.1, 0.15) is 17.3 Å². The van der Waals surface area contributed by atoms with Gasteiger partial charge < -0.3 is 14.3 Å². The van der Waals surface area contributed by atoms with Gasteiger partial charge >= 0.3 is 0 Å². The normalized spacial score (nSPS) is 11.5. The van der Waals surface area contributed by atoms with Gasteiger partial charge in [-0.15, -0.1) is 10.2 Å². The van der Waals surface area contributed by atoms with Crippen LogP contribution in [-0.4, -0.2) is 34.8 Å². The van der Waals surface area contributed by atoms with Crippen LogP contribution in [0.3, 0.4) is 0 Å². The number of sulfone groups is 1. The van der Waals surface area contributed by atoms with Crippen molar-refractivity contribution in [2.45, 2.75) is 35.8 Å². The monoisotopic (exact) mass is 420 g/mol. The van der Waals surface area contributed by atoms with E-state index in [0.29, 0.717) is 29.8 Å². The molecule has 1 aromatic carbocycles. The van der Waals surface area contributed by atoms with Crippen molar-refractivity contribution in [3.8, 4) is 0 Å². The van der Waals surface area contributed by atoms with Crippen molar-refractivity contribution in [1.82, 2.24) is 20.1 Å². The van der Waals surface area contributed by atoms with Crippen molar-refractivity contribution in [3.05, 3.63) is 60.3 Å². The fourth-order valence-electron chi connectivity index (χ4n) is 2.51. The number of carbonyl (C=O) groups is 1. The molecule has 1 amide bonds. The van der Waals surface area contributed by atoms with Crippen molar-refractivity contribution in [2.75, 3.05) is 5.75 Å². The first-order chi connectivity index (χ1) is 13.5. The number of aromatic nitrogens is 3. The average molecular weight is 421 g/mol. The summed E-state index contributed by atoms with van der Waals surface area (Å²) in [6, 6.07) is 11.8. The van der Waals surface area contributed by atoms with Crippen molar-refractivity contribution < 1.29 is 17.6 Å². The highest BCUT2D eigenvalue weighted by Crippen LogP contribution is 2.20. The second kappa shape index (κ2) is 9.07. The van der Waals surface area contributed by atoms with E-state index in [1.165, 1.54) is 11.8 Å². The number of benzene rings is 1. The van der Waals surface area contributed by atoms with E-state index < -0.39 is 9.84 Å². The number of amides is 1. The molecule has 10 heteroatoms. The van der Waals surface area contributed by atoms with Crippen LogP contribution in [0.1, 0.15) is 18.5 Å². The van der Waals surface area contributed by atoms with Crippen LogP contribution in [0.2, 0.25) is 0 Å². The summed E-state index contributed by atoms with van der Waals surface area (Å²) in [5, 5.41) is 11.3. The third-order valence-corrected chi connectivity index (χ3v) is 6.50. The van der Waals surface area contributed by atoms with Gasteiger partial charge in [0.2, 0.25) is 5.91 Å². The zero-order valence-corrected chi connectivity index (χ0v) is 16.9. The standard InChI is InChI=1S/C18H20N4O4S2/c1-2-22-16(13-28(24,25)15-8-4-3-5-9-15)20-21-18(22)27-12-17(23)19-11-14-7-6-10-26-14/h3-10H,2,11-13H2,1H3,(H,19,23). The molecule has 0 spiro atoms. The Balaban J connectivity index is 1.62. The highest BCUT2D eigenvalue weighted by Gasteiger charge is 2.21. The van der Waals surface area contributed by atoms with E-state index in [1.807, 2.05) is 6.92 Å². The maximum atomic E-state index is 12.6. The minimum atomic E-state index is -3.52. The molecule has 0 aliphatic carbocycles. The Labute approximate surface area is 167 Å². The molecule has 148 valence electrons. The van der Waals surface area contributed by atoms with Crippen molar-refractivity contribution in [1.29, 1.82) is 0 Å². The molecule has 28 heavy (non-hydrogen) atoms. The molecule has 0 saturated carbocycles. The van der Waals surface area contributed by atoms with Crippen molar-refractivity contribution in [2.24, 2.45) is 0 Å². The van der Waals surface area contributed by atoms with Crippen LogP contribution in [0.15, 0.2) is 63.2 Å². The maximum absolute atomic E-state index is 12.6. The van der Waals surface area contributed by atoms with Gasteiger partial charge in [-0.1, -0.05) is 30.0 Å². The minimum Gasteiger partial charge on any atom is -0.467 e. The molecule has 0 aliphatic rings. The van der Waals surface area contributed by atoms with Crippen LogP contribution in [0.4, 0.5) is 0 Å². The molecule has 2 aromatic heterocycles. The van der Waals surface area contributed by atoms with Crippen molar-refractivity contribution in [3.63, 3.8) is 0 Å². The molecular formula is C18H20N4O4S2. The summed E-state index contributed by atoms with van der Waals surface area (Å²) in [4.78, 5) is 12.2. The fourth-order valence-corrected chi connectivity index (χ4v) is 4.65. The van der Waals surface area contributed by atoms with Crippen LogP contribution < -0.4 is 5.32 Å². The van der Waals surface area contributed by atoms with Gasteiger partial charge in [0.05, 0.1) is 23.5 Å². The molecule has 0 fully saturated rings. The van der Waals surface area contributed by atoms with Crippen LogP contribution in [0.25, 0.3) is 0 Å². The Kier molecular flexibility index (Phi) is 6.53. The first-order valence-electron chi connectivity index (χ1n) is 8.61. The second-order valence-electron chi connectivity index (χ2n) is 5.86. The Morgan fingerprint density at radius 1 is 1.18 bits per heavy atom. The van der Waals surface area contributed by atoms with Crippen LogP contribution in [-0.2, 0) is 33.5 Å². The summed E-state index contributed by atoms with van der Waals surface area (Å²) < 4.78 is 32.0. The third kappa shape index (κ3) is 5.02. The molecule has 3 aromatic rings. The summed E-state index contributed by atoms with van der Waals surface area (Å²) in [5.74, 6) is 0.742. The largest absolute Gasteiger partial charge is 0.467 e. The van der Waals surface area contributed by atoms with Crippen LogP contribution in [0.5, 0.6) is 0 Å². The predicted octanol–water partition coefficient (Wildman–Crippen LogP) is 2.27. The van der Waals surface area contributed by atoms with Gasteiger partial charge in [-0.25, -0.2) is 8.42 Å². The third-order valence-electron chi connectivity index (χ3n) is 3.90. The summed E-state index contributed by atoms with van der Waals surface area (Å²) in [6.45, 7) is 2.69.